The van der Waals surface area contributed by atoms with E-state index >= 15 is 0 Å². The van der Waals surface area contributed by atoms with E-state index in [-0.39, 0.29) is 38.9 Å². The first-order valence-corrected chi connectivity index (χ1v) is 69.4. The summed E-state index contributed by atoms with van der Waals surface area (Å²) < 4.78 is 205. The SMILES string of the molecule is CCOCC(CC)(COCC)COCCCCC[Si](OC)(OC)OC.CCOCC(CCC[Si](OC)(OC)OC)(CCC[Si](OC)(OC)OC)COCC.CCOCC(COCC)(COCCCCC[Si](OC)(OC)OC)COCCCCC[Si](OC)(OC)OC.CO[Si](CCCC(CCC[Si](OC)(OC)OC)(CCC(CCC[Si](OC)(OC)OC)(CCC[Si](OC)(OC)OC)CNC(C)=O)CNC(C)=O)(OC)OC. The highest BCUT2D eigenvalue weighted by molar-refractivity contribution is 6.63. The lowest BCUT2D eigenvalue weighted by molar-refractivity contribution is -0.120. The number of ether oxygens (including phenoxy) is 9. The number of unbranched alkanes of at least 4 members (excludes halogenated alkanes) is 6. The Hall–Kier alpha value is -0.548. The highest BCUT2D eigenvalue weighted by atomic mass is 28.4. The van der Waals surface area contributed by atoms with Gasteiger partial charge >= 0.3 is 79.2 Å². The second-order valence-electron chi connectivity index (χ2n) is 36.4. The molecule has 0 atom stereocenters. The number of amides is 2. The van der Waals surface area contributed by atoms with Crippen molar-refractivity contribution in [1.82, 2.24) is 10.6 Å². The zero-order valence-corrected chi connectivity index (χ0v) is 107. The van der Waals surface area contributed by atoms with Gasteiger partial charge < -0.3 is 173 Å². The van der Waals surface area contributed by atoms with Crippen molar-refractivity contribution in [1.29, 1.82) is 0 Å². The Balaban J connectivity index is -0.000000957. The molecule has 0 heterocycles. The molecular weight excluding hydrogens is 2040 g/mol. The molecule has 0 radical (unpaired) electrons. The second-order valence-corrected chi connectivity index (χ2v) is 64.2. The van der Waals surface area contributed by atoms with Crippen molar-refractivity contribution < 1.29 is 172 Å². The minimum atomic E-state index is -2.87. The Morgan fingerprint density at radius 2 is 0.331 bits per heavy atom. The van der Waals surface area contributed by atoms with Crippen LogP contribution in [0.3, 0.4) is 0 Å². The van der Waals surface area contributed by atoms with Gasteiger partial charge in [-0.1, -0.05) is 26.2 Å². The molecule has 0 aromatic heterocycles. The fourth-order valence-corrected chi connectivity index (χ4v) is 33.3. The molecule has 40 nitrogen and oxygen atoms in total. The molecule has 0 saturated carbocycles. The second kappa shape index (κ2) is 89.4. The van der Waals surface area contributed by atoms with E-state index in [4.69, 9.17) is 162 Å². The van der Waals surface area contributed by atoms with Gasteiger partial charge in [0.2, 0.25) is 11.8 Å². The van der Waals surface area contributed by atoms with Gasteiger partial charge in [0.05, 0.1) is 64.9 Å². The first kappa shape index (κ1) is 151. The number of carbonyl (C=O) groups excluding carboxylic acids is 2. The van der Waals surface area contributed by atoms with E-state index in [0.717, 1.165) is 204 Å². The molecule has 0 aliphatic heterocycles. The molecule has 2 N–H and O–H groups in total. The molecule has 0 bridgehead atoms. The normalized spacial score (nSPS) is 13.1. The van der Waals surface area contributed by atoms with E-state index in [1.807, 2.05) is 41.5 Å². The van der Waals surface area contributed by atoms with Crippen LogP contribution in [0.2, 0.25) is 54.4 Å². The molecule has 0 fully saturated rings. The fraction of sp³-hybridized carbons (Fsp3) is 0.979. The summed E-state index contributed by atoms with van der Waals surface area (Å²) in [5.74, 6) is -0.208. The van der Waals surface area contributed by atoms with Crippen molar-refractivity contribution in [3.8, 4) is 0 Å². The summed E-state index contributed by atoms with van der Waals surface area (Å²) in [6, 6.07) is 6.38. The zero-order chi connectivity index (χ0) is 111. The van der Waals surface area contributed by atoms with Gasteiger partial charge in [-0.2, -0.15) is 0 Å². The van der Waals surface area contributed by atoms with Crippen molar-refractivity contribution in [3.05, 3.63) is 0 Å². The van der Waals surface area contributed by atoms with E-state index in [2.05, 4.69) is 17.6 Å². The number of rotatable bonds is 101. The monoisotopic (exact) mass is 2260 g/mol. The fourth-order valence-electron chi connectivity index (χ4n) is 17.6. The van der Waals surface area contributed by atoms with Crippen molar-refractivity contribution in [2.45, 2.75) is 271 Å². The van der Waals surface area contributed by atoms with Gasteiger partial charge in [0, 0.05) is 344 Å². The average molecular weight is 2260 g/mol. The van der Waals surface area contributed by atoms with Crippen LogP contribution >= 0.6 is 0 Å². The molecule has 2 amide bonds. The van der Waals surface area contributed by atoms with E-state index in [1.165, 1.54) is 0 Å². The molecular formula is C96H216N2O38Si9. The molecule has 0 unspecified atom stereocenters. The van der Waals surface area contributed by atoms with Crippen LogP contribution in [-0.2, 0) is 172 Å². The summed E-state index contributed by atoms with van der Waals surface area (Å²) in [6.07, 6.45) is 21.2. The average Bonchev–Trinajstić information content (AvgIpc) is 0.811. The summed E-state index contributed by atoms with van der Waals surface area (Å²) >= 11 is 0. The largest absolute Gasteiger partial charge is 0.500 e. The minimum absolute atomic E-state index is 0.0454. The third-order valence-electron chi connectivity index (χ3n) is 27.6. The Kier molecular flexibility index (Phi) is 92.9. The quantitative estimate of drug-likeness (QED) is 0.0422. The third kappa shape index (κ3) is 61.3. The van der Waals surface area contributed by atoms with Crippen LogP contribution in [-0.4, -0.2) is 415 Å². The number of hydrogen-bond donors (Lipinski definition) is 2. The van der Waals surface area contributed by atoms with Gasteiger partial charge in [-0.3, -0.25) is 9.59 Å². The number of carbonyl (C=O) groups is 2. The van der Waals surface area contributed by atoms with E-state index in [0.29, 0.717) is 136 Å². The molecule has 0 aliphatic carbocycles. The first-order chi connectivity index (χ1) is 69.5. The van der Waals surface area contributed by atoms with Crippen LogP contribution in [0.1, 0.15) is 216 Å². The maximum Gasteiger partial charge on any atom is 0.500 e. The molecule has 0 aliphatic rings. The van der Waals surface area contributed by atoms with Crippen LogP contribution < -0.4 is 10.6 Å². The van der Waals surface area contributed by atoms with Crippen LogP contribution in [0.5, 0.6) is 0 Å². The first-order valence-electron chi connectivity index (χ1n) is 52.0. The molecule has 0 spiro atoms. The highest BCUT2D eigenvalue weighted by Gasteiger charge is 2.49. The summed E-state index contributed by atoms with van der Waals surface area (Å²) in [5, 5.41) is 6.32. The van der Waals surface area contributed by atoms with Crippen LogP contribution in [0.25, 0.3) is 0 Å². The summed E-state index contributed by atoms with van der Waals surface area (Å²) in [6.45, 7) is 29.9. The van der Waals surface area contributed by atoms with Gasteiger partial charge in [0.25, 0.3) is 0 Å². The van der Waals surface area contributed by atoms with Crippen molar-refractivity contribution in [2.75, 3.05) is 324 Å². The molecule has 49 heteroatoms. The van der Waals surface area contributed by atoms with Gasteiger partial charge in [-0.15, -0.1) is 0 Å². The summed E-state index contributed by atoms with van der Waals surface area (Å²) in [4.78, 5) is 25.1. The Morgan fingerprint density at radius 1 is 0.179 bits per heavy atom. The summed E-state index contributed by atoms with van der Waals surface area (Å²) in [5.41, 5.74) is -1.19. The Labute approximate surface area is 890 Å². The number of nitrogens with one attached hydrogen (secondary N) is 2. The smallest absolute Gasteiger partial charge is 0.381 e. The highest BCUT2D eigenvalue weighted by Crippen LogP contribution is 2.46. The van der Waals surface area contributed by atoms with Crippen molar-refractivity contribution >= 4 is 91.1 Å². The molecule has 145 heavy (non-hydrogen) atoms. The zero-order valence-electron chi connectivity index (χ0n) is 98.0. The predicted molar refractivity (Wildman–Crippen MR) is 582 cm³/mol. The molecule has 0 aromatic carbocycles. The van der Waals surface area contributed by atoms with Crippen LogP contribution in [0.15, 0.2) is 0 Å². The maximum absolute atomic E-state index is 12.5. The summed E-state index contributed by atoms with van der Waals surface area (Å²) in [7, 11) is 20.1. The topological polar surface area (TPSA) is 390 Å². The third-order valence-corrected chi connectivity index (χ3v) is 53.1. The molecule has 874 valence electrons. The van der Waals surface area contributed by atoms with Crippen LogP contribution in [0.4, 0.5) is 0 Å². The number of hydrogen-bond acceptors (Lipinski definition) is 38. The van der Waals surface area contributed by atoms with Gasteiger partial charge in [0.15, 0.2) is 0 Å². The van der Waals surface area contributed by atoms with Crippen LogP contribution in [0, 0.1) is 27.1 Å². The molecule has 0 saturated heterocycles. The standard InChI is InChI=1S/C34H76N2O14Si4.C25H56O10Si2.C19H44O8Si2.C18H40O6Si/c1-31(37)35-29-33(19-15-25-51(39-3,40-4)41-5,20-16-26-52(42-6,43-7)44-8)23-24-34(30-36-32(2)38,21-17-27-53(45-9,46-10)47-11)22-18-28-54(48-12,49-13)50-14;1-9-32-21-25(22-33-10-2,23-34-17-13-11-15-19-36(26-3,27-4)28-5)24-35-18-14-12-16-20-37(29-6,30-7)31-8;1-9-26-17-19(18-27-10-2,13-11-15-28(20-3,21-4)22-5)14-12-16-29(23-6,24-7)25-8;1-7-18(15-22-8-2,16-23-9-3)17-24-13-11-10-12-14-25(19-4,20-5)21-6/h15-30H2,1-14H3,(H,35,37)(H,36,38);9-24H2,1-8H3;9-18H2,1-8H3;7-17H2,1-6H3. The van der Waals surface area contributed by atoms with Gasteiger partial charge in [-0.25, -0.2) is 0 Å². The Bertz CT molecular complexity index is 2640. The van der Waals surface area contributed by atoms with E-state index < -0.39 is 79.2 Å². The lowest BCUT2D eigenvalue weighted by atomic mass is 9.68. The van der Waals surface area contributed by atoms with E-state index in [1.54, 1.807) is 206 Å². The maximum atomic E-state index is 12.5. The minimum Gasteiger partial charge on any atom is -0.381 e. The van der Waals surface area contributed by atoms with E-state index in [9.17, 15) is 9.59 Å². The van der Waals surface area contributed by atoms with Crippen molar-refractivity contribution in [3.63, 3.8) is 0 Å². The van der Waals surface area contributed by atoms with Gasteiger partial charge in [0.1, 0.15) is 0 Å². The Morgan fingerprint density at radius 3 is 0.497 bits per heavy atom. The predicted octanol–water partition coefficient (Wildman–Crippen LogP) is 15.7. The molecule has 0 rings (SSSR count). The van der Waals surface area contributed by atoms with Gasteiger partial charge in [-0.05, 0) is 187 Å². The molecule has 0 aromatic rings. The van der Waals surface area contributed by atoms with Crippen molar-refractivity contribution in [2.24, 2.45) is 27.1 Å². The lowest BCUT2D eigenvalue weighted by Crippen LogP contribution is -2.45. The lowest BCUT2D eigenvalue weighted by Gasteiger charge is -2.42.